The summed E-state index contributed by atoms with van der Waals surface area (Å²) in [7, 11) is 0. The van der Waals surface area contributed by atoms with Gasteiger partial charge in [0, 0.05) is 23.5 Å². The molecule has 1 aliphatic heterocycles. The third-order valence-corrected chi connectivity index (χ3v) is 5.02. The van der Waals surface area contributed by atoms with Crippen LogP contribution in [0.5, 0.6) is 5.75 Å². The van der Waals surface area contributed by atoms with Crippen LogP contribution in [0, 0.1) is 5.41 Å². The summed E-state index contributed by atoms with van der Waals surface area (Å²) in [6.45, 7) is 8.59. The molecule has 0 unspecified atom stereocenters. The minimum absolute atomic E-state index is 0.176. The molecule has 0 saturated heterocycles. The Kier molecular flexibility index (Phi) is 3.96. The second-order valence-electron chi connectivity index (χ2n) is 7.79. The normalized spacial score (nSPS) is 19.8. The van der Waals surface area contributed by atoms with Crippen LogP contribution in [0.1, 0.15) is 51.2 Å². The van der Waals surface area contributed by atoms with Gasteiger partial charge in [0.25, 0.3) is 0 Å². The molecule has 0 aromatic heterocycles. The molecule has 3 heteroatoms. The Morgan fingerprint density at radius 2 is 2.05 bits per heavy atom. The highest BCUT2D eigenvalue weighted by Crippen LogP contribution is 2.46. The quantitative estimate of drug-likeness (QED) is 0.891. The standard InChI is InChI=1S/C18H26ClNO/c1-17(2,3)20-12-18(6-4-7-18)11-14-10-15(19)9-13-5-8-21-16(13)14/h9-10,20H,4-8,11-12H2,1-3H3. The van der Waals surface area contributed by atoms with E-state index < -0.39 is 0 Å². The van der Waals surface area contributed by atoms with Gasteiger partial charge in [-0.05, 0) is 68.7 Å². The highest BCUT2D eigenvalue weighted by atomic mass is 35.5. The molecule has 3 rings (SSSR count). The molecule has 2 nitrogen and oxygen atoms in total. The van der Waals surface area contributed by atoms with Crippen LogP contribution in [0.3, 0.4) is 0 Å². The number of hydrogen-bond acceptors (Lipinski definition) is 2. The molecule has 0 radical (unpaired) electrons. The first kappa shape index (κ1) is 15.2. The van der Waals surface area contributed by atoms with Gasteiger partial charge in [0.1, 0.15) is 5.75 Å². The van der Waals surface area contributed by atoms with Crippen molar-refractivity contribution in [2.24, 2.45) is 5.41 Å². The Morgan fingerprint density at radius 3 is 2.67 bits per heavy atom. The lowest BCUT2D eigenvalue weighted by atomic mass is 9.65. The zero-order chi connectivity index (χ0) is 15.1. The lowest BCUT2D eigenvalue weighted by Crippen LogP contribution is -2.48. The molecule has 0 spiro atoms. The first-order valence-electron chi connectivity index (χ1n) is 8.06. The maximum absolute atomic E-state index is 6.30. The molecule has 1 saturated carbocycles. The molecule has 2 aliphatic rings. The third-order valence-electron chi connectivity index (χ3n) is 4.80. The molecule has 1 heterocycles. The lowest BCUT2D eigenvalue weighted by molar-refractivity contribution is 0.117. The van der Waals surface area contributed by atoms with Crippen LogP contribution in [-0.2, 0) is 12.8 Å². The van der Waals surface area contributed by atoms with E-state index in [0.29, 0.717) is 5.41 Å². The van der Waals surface area contributed by atoms with Crippen molar-refractivity contribution in [3.63, 3.8) is 0 Å². The van der Waals surface area contributed by atoms with Gasteiger partial charge >= 0.3 is 0 Å². The van der Waals surface area contributed by atoms with Crippen LogP contribution in [0.2, 0.25) is 5.02 Å². The van der Waals surface area contributed by atoms with Gasteiger partial charge in [-0.15, -0.1) is 0 Å². The molecule has 1 fully saturated rings. The van der Waals surface area contributed by atoms with Gasteiger partial charge in [-0.2, -0.15) is 0 Å². The fourth-order valence-corrected chi connectivity index (χ4v) is 3.69. The zero-order valence-corrected chi connectivity index (χ0v) is 14.1. The van der Waals surface area contributed by atoms with Crippen molar-refractivity contribution in [1.29, 1.82) is 0 Å². The highest BCUT2D eigenvalue weighted by Gasteiger charge is 2.38. The van der Waals surface area contributed by atoms with Crippen molar-refractivity contribution < 1.29 is 4.74 Å². The van der Waals surface area contributed by atoms with E-state index >= 15 is 0 Å². The summed E-state index contributed by atoms with van der Waals surface area (Å²) in [6, 6.07) is 4.18. The number of halogens is 1. The first-order chi connectivity index (χ1) is 9.87. The molecule has 116 valence electrons. The topological polar surface area (TPSA) is 21.3 Å². The molecule has 1 N–H and O–H groups in total. The summed E-state index contributed by atoms with van der Waals surface area (Å²) in [5.74, 6) is 1.11. The van der Waals surface area contributed by atoms with Gasteiger partial charge in [-0.25, -0.2) is 0 Å². The second kappa shape index (κ2) is 5.48. The maximum Gasteiger partial charge on any atom is 0.125 e. The maximum atomic E-state index is 6.30. The van der Waals surface area contributed by atoms with Crippen LogP contribution in [0.4, 0.5) is 0 Å². The summed E-state index contributed by atoms with van der Waals surface area (Å²) in [5, 5.41) is 4.55. The smallest absolute Gasteiger partial charge is 0.125 e. The molecule has 21 heavy (non-hydrogen) atoms. The lowest BCUT2D eigenvalue weighted by Gasteiger charge is -2.44. The number of fused-ring (bicyclic) bond motifs is 1. The van der Waals surface area contributed by atoms with Crippen LogP contribution in [0.25, 0.3) is 0 Å². The van der Waals surface area contributed by atoms with Crippen LogP contribution >= 0.6 is 11.6 Å². The van der Waals surface area contributed by atoms with Crippen molar-refractivity contribution in [3.8, 4) is 5.75 Å². The van der Waals surface area contributed by atoms with Crippen LogP contribution in [0.15, 0.2) is 12.1 Å². The Morgan fingerprint density at radius 1 is 1.29 bits per heavy atom. The average Bonchev–Trinajstić information content (AvgIpc) is 2.79. The monoisotopic (exact) mass is 307 g/mol. The average molecular weight is 308 g/mol. The summed E-state index contributed by atoms with van der Waals surface area (Å²) < 4.78 is 5.87. The number of rotatable bonds is 4. The van der Waals surface area contributed by atoms with Crippen molar-refractivity contribution in [2.45, 2.75) is 58.4 Å². The third kappa shape index (κ3) is 3.37. The first-order valence-corrected chi connectivity index (χ1v) is 8.44. The SMILES string of the molecule is CC(C)(C)NCC1(Cc2cc(Cl)cc3c2OCC3)CCC1. The molecule has 0 atom stereocenters. The molecule has 1 aromatic carbocycles. The summed E-state index contributed by atoms with van der Waals surface area (Å²) >= 11 is 6.30. The van der Waals surface area contributed by atoms with Crippen molar-refractivity contribution >= 4 is 11.6 Å². The van der Waals surface area contributed by atoms with Gasteiger partial charge in [-0.3, -0.25) is 0 Å². The highest BCUT2D eigenvalue weighted by molar-refractivity contribution is 6.30. The second-order valence-corrected chi connectivity index (χ2v) is 8.22. The number of benzene rings is 1. The van der Waals surface area contributed by atoms with Crippen molar-refractivity contribution in [2.75, 3.05) is 13.2 Å². The van der Waals surface area contributed by atoms with Crippen LogP contribution in [-0.4, -0.2) is 18.7 Å². The molecular formula is C18H26ClNO. The van der Waals surface area contributed by atoms with E-state index in [4.69, 9.17) is 16.3 Å². The largest absolute Gasteiger partial charge is 0.493 e. The van der Waals surface area contributed by atoms with Crippen LogP contribution < -0.4 is 10.1 Å². The minimum Gasteiger partial charge on any atom is -0.493 e. The molecule has 1 aromatic rings. The Bertz CT molecular complexity index is 529. The molecular weight excluding hydrogens is 282 g/mol. The molecule has 0 bridgehead atoms. The van der Waals surface area contributed by atoms with E-state index in [0.717, 1.165) is 36.8 Å². The van der Waals surface area contributed by atoms with E-state index in [-0.39, 0.29) is 5.54 Å². The molecule has 1 aliphatic carbocycles. The minimum atomic E-state index is 0.176. The van der Waals surface area contributed by atoms with Gasteiger partial charge in [-0.1, -0.05) is 18.0 Å². The van der Waals surface area contributed by atoms with E-state index in [1.54, 1.807) is 0 Å². The van der Waals surface area contributed by atoms with E-state index in [1.807, 2.05) is 0 Å². The Balaban J connectivity index is 1.78. The predicted octanol–water partition coefficient (Wildman–Crippen LogP) is 4.38. The Labute approximate surface area is 133 Å². The fraction of sp³-hybridized carbons (Fsp3) is 0.667. The zero-order valence-electron chi connectivity index (χ0n) is 13.4. The van der Waals surface area contributed by atoms with E-state index in [1.165, 1.54) is 30.4 Å². The predicted molar refractivity (Wildman–Crippen MR) is 88.4 cm³/mol. The molecule has 0 amide bonds. The Hall–Kier alpha value is -0.730. The fourth-order valence-electron chi connectivity index (χ4n) is 3.43. The number of nitrogens with one attached hydrogen (secondary N) is 1. The summed E-state index contributed by atoms with van der Waals surface area (Å²) in [5.41, 5.74) is 3.16. The van der Waals surface area contributed by atoms with Crippen molar-refractivity contribution in [3.05, 3.63) is 28.3 Å². The van der Waals surface area contributed by atoms with Gasteiger partial charge in [0.15, 0.2) is 0 Å². The van der Waals surface area contributed by atoms with E-state index in [9.17, 15) is 0 Å². The van der Waals surface area contributed by atoms with Gasteiger partial charge in [0.05, 0.1) is 6.61 Å². The van der Waals surface area contributed by atoms with Gasteiger partial charge in [0.2, 0.25) is 0 Å². The summed E-state index contributed by atoms with van der Waals surface area (Å²) in [4.78, 5) is 0. The van der Waals surface area contributed by atoms with E-state index in [2.05, 4.69) is 38.2 Å². The van der Waals surface area contributed by atoms with Crippen molar-refractivity contribution in [1.82, 2.24) is 5.32 Å². The number of ether oxygens (including phenoxy) is 1. The summed E-state index contributed by atoms with van der Waals surface area (Å²) in [6.07, 6.45) is 6.03. The van der Waals surface area contributed by atoms with Gasteiger partial charge < -0.3 is 10.1 Å². The number of hydrogen-bond donors (Lipinski definition) is 1.